The Morgan fingerprint density at radius 3 is 2.80 bits per heavy atom. The van der Waals surface area contributed by atoms with Gasteiger partial charge in [-0.2, -0.15) is 0 Å². The smallest absolute Gasteiger partial charge is 0.145 e. The van der Waals surface area contributed by atoms with Crippen LogP contribution in [0.4, 0.5) is 4.39 Å². The first-order valence-corrected chi connectivity index (χ1v) is 7.51. The lowest BCUT2D eigenvalue weighted by atomic mass is 9.79. The first-order chi connectivity index (χ1) is 9.35. The largest absolute Gasteiger partial charge is 0.396 e. The maximum absolute atomic E-state index is 14.2. The fourth-order valence-corrected chi connectivity index (χ4v) is 3.23. The molecule has 1 saturated heterocycles. The topological polar surface area (TPSA) is 32.3 Å². The van der Waals surface area contributed by atoms with E-state index in [4.69, 9.17) is 11.6 Å². The van der Waals surface area contributed by atoms with E-state index < -0.39 is 0 Å². The molecule has 1 aliphatic heterocycles. The van der Waals surface area contributed by atoms with Gasteiger partial charge in [-0.1, -0.05) is 44.5 Å². The molecule has 112 valence electrons. The molecule has 0 aromatic heterocycles. The Morgan fingerprint density at radius 1 is 1.45 bits per heavy atom. The SMILES string of the molecule is CC1C(CC(C)(C)CO)NCC1c1cccc(Cl)c1F. The van der Waals surface area contributed by atoms with Gasteiger partial charge in [-0.05, 0) is 29.4 Å². The molecule has 1 aromatic carbocycles. The average Bonchev–Trinajstić information content (AvgIpc) is 2.74. The Morgan fingerprint density at radius 2 is 2.15 bits per heavy atom. The fourth-order valence-electron chi connectivity index (χ4n) is 3.05. The number of hydrogen-bond acceptors (Lipinski definition) is 2. The summed E-state index contributed by atoms with van der Waals surface area (Å²) < 4.78 is 14.2. The van der Waals surface area contributed by atoms with Crippen molar-refractivity contribution in [3.8, 4) is 0 Å². The molecule has 0 amide bonds. The number of rotatable bonds is 4. The standard InChI is InChI=1S/C16H23ClFNO/c1-10-12(11-5-4-6-13(17)15(11)18)8-19-14(10)7-16(2,3)9-20/h4-6,10,12,14,19-20H,7-9H2,1-3H3. The molecule has 20 heavy (non-hydrogen) atoms. The molecule has 2 N–H and O–H groups in total. The molecule has 1 heterocycles. The van der Waals surface area contributed by atoms with Gasteiger partial charge in [-0.15, -0.1) is 0 Å². The highest BCUT2D eigenvalue weighted by molar-refractivity contribution is 6.30. The summed E-state index contributed by atoms with van der Waals surface area (Å²) in [7, 11) is 0. The molecule has 0 spiro atoms. The number of aliphatic hydroxyl groups excluding tert-OH is 1. The van der Waals surface area contributed by atoms with Crippen molar-refractivity contribution < 1.29 is 9.50 Å². The third-order valence-corrected chi connectivity index (χ3v) is 4.74. The van der Waals surface area contributed by atoms with Crippen molar-refractivity contribution >= 4 is 11.6 Å². The van der Waals surface area contributed by atoms with Gasteiger partial charge in [-0.3, -0.25) is 0 Å². The van der Waals surface area contributed by atoms with Crippen molar-refractivity contribution in [2.75, 3.05) is 13.2 Å². The van der Waals surface area contributed by atoms with E-state index in [1.54, 1.807) is 12.1 Å². The van der Waals surface area contributed by atoms with E-state index in [0.29, 0.717) is 17.5 Å². The van der Waals surface area contributed by atoms with E-state index in [2.05, 4.69) is 26.1 Å². The zero-order chi connectivity index (χ0) is 14.9. The van der Waals surface area contributed by atoms with Crippen LogP contribution in [0.25, 0.3) is 0 Å². The van der Waals surface area contributed by atoms with Crippen molar-refractivity contribution in [3.05, 3.63) is 34.6 Å². The van der Waals surface area contributed by atoms with Gasteiger partial charge in [0.25, 0.3) is 0 Å². The predicted octanol–water partition coefficient (Wildman–Crippen LogP) is 3.58. The Hall–Kier alpha value is -0.640. The first kappa shape index (κ1) is 15.7. The summed E-state index contributed by atoms with van der Waals surface area (Å²) in [5.41, 5.74) is 0.579. The Balaban J connectivity index is 2.15. The highest BCUT2D eigenvalue weighted by Gasteiger charge is 2.37. The summed E-state index contributed by atoms with van der Waals surface area (Å²) in [6.07, 6.45) is 0.878. The normalized spacial score (nSPS) is 27.0. The van der Waals surface area contributed by atoms with Gasteiger partial charge in [-0.25, -0.2) is 4.39 Å². The molecule has 0 saturated carbocycles. The van der Waals surface area contributed by atoms with E-state index in [1.165, 1.54) is 0 Å². The minimum Gasteiger partial charge on any atom is -0.396 e. The maximum atomic E-state index is 14.2. The van der Waals surface area contributed by atoms with Gasteiger partial charge in [0.05, 0.1) is 5.02 Å². The van der Waals surface area contributed by atoms with Crippen molar-refractivity contribution in [1.82, 2.24) is 5.32 Å². The average molecular weight is 300 g/mol. The Kier molecular flexibility index (Phi) is 4.73. The Bertz CT molecular complexity index is 478. The number of nitrogens with one attached hydrogen (secondary N) is 1. The number of benzene rings is 1. The van der Waals surface area contributed by atoms with Crippen molar-refractivity contribution in [2.45, 2.75) is 39.2 Å². The molecule has 3 unspecified atom stereocenters. The van der Waals surface area contributed by atoms with Gasteiger partial charge in [0.2, 0.25) is 0 Å². The maximum Gasteiger partial charge on any atom is 0.145 e. The zero-order valence-electron chi connectivity index (χ0n) is 12.3. The zero-order valence-corrected chi connectivity index (χ0v) is 13.0. The van der Waals surface area contributed by atoms with Crippen LogP contribution in [0.2, 0.25) is 5.02 Å². The highest BCUT2D eigenvalue weighted by atomic mass is 35.5. The lowest BCUT2D eigenvalue weighted by Crippen LogP contribution is -2.33. The second-order valence-electron chi connectivity index (χ2n) is 6.65. The fraction of sp³-hybridized carbons (Fsp3) is 0.625. The lowest BCUT2D eigenvalue weighted by molar-refractivity contribution is 0.133. The quantitative estimate of drug-likeness (QED) is 0.891. The second-order valence-corrected chi connectivity index (χ2v) is 7.06. The monoisotopic (exact) mass is 299 g/mol. The molecule has 0 bridgehead atoms. The summed E-state index contributed by atoms with van der Waals surface area (Å²) in [6.45, 7) is 7.16. The molecular weight excluding hydrogens is 277 g/mol. The van der Waals surface area contributed by atoms with Crippen LogP contribution in [-0.2, 0) is 0 Å². The minimum absolute atomic E-state index is 0.117. The highest BCUT2D eigenvalue weighted by Crippen LogP contribution is 2.38. The molecule has 3 atom stereocenters. The van der Waals surface area contributed by atoms with Crippen LogP contribution >= 0.6 is 11.6 Å². The van der Waals surface area contributed by atoms with Crippen molar-refractivity contribution in [3.63, 3.8) is 0 Å². The number of aliphatic hydroxyl groups is 1. The first-order valence-electron chi connectivity index (χ1n) is 7.14. The predicted molar refractivity (Wildman–Crippen MR) is 80.6 cm³/mol. The third-order valence-electron chi connectivity index (χ3n) is 4.45. The summed E-state index contributed by atoms with van der Waals surface area (Å²) in [6, 6.07) is 5.50. The van der Waals surface area contributed by atoms with E-state index in [1.807, 2.05) is 6.07 Å². The van der Waals surface area contributed by atoms with Crippen LogP contribution in [0.15, 0.2) is 18.2 Å². The van der Waals surface area contributed by atoms with Gasteiger partial charge >= 0.3 is 0 Å². The van der Waals surface area contributed by atoms with E-state index in [-0.39, 0.29) is 28.8 Å². The molecule has 0 aliphatic carbocycles. The second kappa shape index (κ2) is 6.00. The number of halogens is 2. The Labute approximate surface area is 125 Å². The molecule has 2 nitrogen and oxygen atoms in total. The molecule has 4 heteroatoms. The van der Waals surface area contributed by atoms with E-state index in [9.17, 15) is 9.50 Å². The molecule has 1 aliphatic rings. The lowest BCUT2D eigenvalue weighted by Gasteiger charge is -2.29. The molecular formula is C16H23ClFNO. The number of hydrogen-bond donors (Lipinski definition) is 2. The summed E-state index contributed by atoms with van der Waals surface area (Å²) in [4.78, 5) is 0. The minimum atomic E-state index is -0.296. The van der Waals surface area contributed by atoms with Crippen LogP contribution in [0.5, 0.6) is 0 Å². The van der Waals surface area contributed by atoms with Crippen LogP contribution in [0, 0.1) is 17.2 Å². The molecule has 0 radical (unpaired) electrons. The van der Waals surface area contributed by atoms with Crippen molar-refractivity contribution in [1.29, 1.82) is 0 Å². The van der Waals surface area contributed by atoms with Crippen LogP contribution < -0.4 is 5.32 Å². The summed E-state index contributed by atoms with van der Waals surface area (Å²) >= 11 is 5.88. The van der Waals surface area contributed by atoms with E-state index >= 15 is 0 Å². The third kappa shape index (κ3) is 3.16. The summed E-state index contributed by atoms with van der Waals surface area (Å²) in [5, 5.41) is 13.1. The van der Waals surface area contributed by atoms with Crippen LogP contribution in [0.1, 0.15) is 38.7 Å². The van der Waals surface area contributed by atoms with Crippen LogP contribution in [-0.4, -0.2) is 24.3 Å². The van der Waals surface area contributed by atoms with Gasteiger partial charge in [0.15, 0.2) is 0 Å². The molecule has 1 fully saturated rings. The van der Waals surface area contributed by atoms with Gasteiger partial charge in [0.1, 0.15) is 5.82 Å². The van der Waals surface area contributed by atoms with Crippen molar-refractivity contribution in [2.24, 2.45) is 11.3 Å². The van der Waals surface area contributed by atoms with Crippen LogP contribution in [0.3, 0.4) is 0 Å². The summed E-state index contributed by atoms with van der Waals surface area (Å²) in [5.74, 6) is 0.150. The molecule has 2 rings (SSSR count). The van der Waals surface area contributed by atoms with E-state index in [0.717, 1.165) is 13.0 Å². The van der Waals surface area contributed by atoms with Gasteiger partial charge in [0, 0.05) is 25.1 Å². The van der Waals surface area contributed by atoms with Gasteiger partial charge < -0.3 is 10.4 Å². The molecule has 1 aromatic rings.